The predicted molar refractivity (Wildman–Crippen MR) is 139 cm³/mol. The number of nitrogens with zero attached hydrogens (tertiary/aromatic N) is 3. The molecule has 3 heterocycles. The second-order valence-electron chi connectivity index (χ2n) is 8.59. The van der Waals surface area contributed by atoms with Crippen molar-refractivity contribution in [3.63, 3.8) is 0 Å². The number of rotatable bonds is 6. The van der Waals surface area contributed by atoms with Crippen molar-refractivity contribution in [2.45, 2.75) is 51.9 Å². The normalized spacial score (nSPS) is 18.8. The Morgan fingerprint density at radius 2 is 1.78 bits per heavy atom. The lowest BCUT2D eigenvalue weighted by molar-refractivity contribution is -0.122. The molecule has 2 aliphatic heterocycles. The van der Waals surface area contributed by atoms with Crippen molar-refractivity contribution in [3.05, 3.63) is 45.1 Å². The third kappa shape index (κ3) is 4.50. The highest BCUT2D eigenvalue weighted by molar-refractivity contribution is 8.26. The highest BCUT2D eigenvalue weighted by Gasteiger charge is 2.32. The van der Waals surface area contributed by atoms with Gasteiger partial charge in [-0.25, -0.2) is 0 Å². The SMILES string of the molecule is CCCCCN1C(=O)C(=Cc2c(N3CCCCCC3)c3ccccc3n(C)c2=O)SC1=S. The predicted octanol–water partition coefficient (Wildman–Crippen LogP) is 5.31. The van der Waals surface area contributed by atoms with E-state index < -0.39 is 0 Å². The summed E-state index contributed by atoms with van der Waals surface area (Å²) in [6, 6.07) is 8.07. The minimum absolute atomic E-state index is 0.0702. The van der Waals surface area contributed by atoms with Crippen molar-refractivity contribution in [1.29, 1.82) is 0 Å². The van der Waals surface area contributed by atoms with Crippen molar-refractivity contribution < 1.29 is 4.79 Å². The summed E-state index contributed by atoms with van der Waals surface area (Å²) in [7, 11) is 1.81. The van der Waals surface area contributed by atoms with Gasteiger partial charge in [-0.1, -0.05) is 74.8 Å². The van der Waals surface area contributed by atoms with Gasteiger partial charge in [0.2, 0.25) is 0 Å². The molecule has 1 aromatic carbocycles. The molecule has 0 saturated carbocycles. The quantitative estimate of drug-likeness (QED) is 0.326. The summed E-state index contributed by atoms with van der Waals surface area (Å²) in [5.74, 6) is -0.0758. The van der Waals surface area contributed by atoms with Crippen LogP contribution in [0.5, 0.6) is 0 Å². The van der Waals surface area contributed by atoms with Gasteiger partial charge in [-0.2, -0.15) is 0 Å². The highest BCUT2D eigenvalue weighted by Crippen LogP contribution is 2.36. The highest BCUT2D eigenvalue weighted by atomic mass is 32.2. The van der Waals surface area contributed by atoms with E-state index in [1.165, 1.54) is 24.6 Å². The number of aryl methyl sites for hydroxylation is 1. The number of unbranched alkanes of at least 4 members (excludes halogenated alkanes) is 2. The van der Waals surface area contributed by atoms with E-state index in [-0.39, 0.29) is 11.5 Å². The summed E-state index contributed by atoms with van der Waals surface area (Å²) >= 11 is 6.82. The van der Waals surface area contributed by atoms with Crippen LogP contribution in [0, 0.1) is 0 Å². The van der Waals surface area contributed by atoms with E-state index in [0.717, 1.165) is 61.8 Å². The molecule has 5 nitrogen and oxygen atoms in total. The van der Waals surface area contributed by atoms with Gasteiger partial charge in [-0.05, 0) is 31.4 Å². The summed E-state index contributed by atoms with van der Waals surface area (Å²) in [5, 5.41) is 1.06. The molecule has 2 aliphatic rings. The van der Waals surface area contributed by atoms with Gasteiger partial charge in [0.15, 0.2) is 0 Å². The largest absolute Gasteiger partial charge is 0.370 e. The monoisotopic (exact) mass is 469 g/mol. The lowest BCUT2D eigenvalue weighted by Gasteiger charge is -2.27. The Bertz CT molecular complexity index is 1110. The molecule has 1 aromatic heterocycles. The van der Waals surface area contributed by atoms with Gasteiger partial charge in [-0.3, -0.25) is 14.5 Å². The van der Waals surface area contributed by atoms with Crippen LogP contribution in [0.4, 0.5) is 5.69 Å². The zero-order chi connectivity index (χ0) is 22.7. The van der Waals surface area contributed by atoms with Gasteiger partial charge in [0, 0.05) is 32.1 Å². The molecule has 32 heavy (non-hydrogen) atoms. The second-order valence-corrected chi connectivity index (χ2v) is 10.3. The van der Waals surface area contributed by atoms with Crippen molar-refractivity contribution in [1.82, 2.24) is 9.47 Å². The fourth-order valence-corrected chi connectivity index (χ4v) is 5.90. The first-order chi connectivity index (χ1) is 15.5. The van der Waals surface area contributed by atoms with E-state index in [4.69, 9.17) is 12.2 Å². The summed E-state index contributed by atoms with van der Waals surface area (Å²) in [5.41, 5.74) is 2.41. The molecule has 1 amide bonds. The topological polar surface area (TPSA) is 45.6 Å². The van der Waals surface area contributed by atoms with Crippen LogP contribution in [0.1, 0.15) is 57.4 Å². The van der Waals surface area contributed by atoms with Crippen LogP contribution >= 0.6 is 24.0 Å². The maximum absolute atomic E-state index is 13.5. The molecule has 7 heteroatoms. The maximum Gasteiger partial charge on any atom is 0.266 e. The molecule has 2 saturated heterocycles. The van der Waals surface area contributed by atoms with E-state index in [0.29, 0.717) is 21.3 Å². The molecule has 4 rings (SSSR count). The van der Waals surface area contributed by atoms with Crippen molar-refractivity contribution in [3.8, 4) is 0 Å². The zero-order valence-electron chi connectivity index (χ0n) is 18.9. The molecular formula is C25H31N3O2S2. The average Bonchev–Trinajstić information content (AvgIpc) is 2.96. The minimum Gasteiger partial charge on any atom is -0.370 e. The minimum atomic E-state index is -0.0758. The number of pyridine rings is 1. The number of carbonyl (C=O) groups excluding carboxylic acids is 1. The van der Waals surface area contributed by atoms with Crippen molar-refractivity contribution in [2.75, 3.05) is 24.5 Å². The lowest BCUT2D eigenvalue weighted by atomic mass is 10.1. The molecule has 2 fully saturated rings. The molecule has 0 atom stereocenters. The number of fused-ring (bicyclic) bond motifs is 1. The van der Waals surface area contributed by atoms with E-state index in [1.54, 1.807) is 15.5 Å². The standard InChI is InChI=1S/C25H31N3O2S2/c1-3-4-9-16-28-24(30)21(32-25(28)31)17-19-22(27-14-10-5-6-11-15-27)18-12-7-8-13-20(18)26(2)23(19)29/h7-8,12-13,17H,3-6,9-11,14-16H2,1-2H3. The molecule has 0 bridgehead atoms. The van der Waals surface area contributed by atoms with Gasteiger partial charge >= 0.3 is 0 Å². The third-order valence-electron chi connectivity index (χ3n) is 6.37. The van der Waals surface area contributed by atoms with Crippen molar-refractivity contribution in [2.24, 2.45) is 7.05 Å². The van der Waals surface area contributed by atoms with E-state index >= 15 is 0 Å². The zero-order valence-corrected chi connectivity index (χ0v) is 20.6. The fraction of sp³-hybridized carbons (Fsp3) is 0.480. The van der Waals surface area contributed by atoms with Crippen LogP contribution in [0.2, 0.25) is 0 Å². The van der Waals surface area contributed by atoms with E-state index in [9.17, 15) is 9.59 Å². The van der Waals surface area contributed by atoms with Crippen LogP contribution in [-0.4, -0.2) is 39.3 Å². The first-order valence-electron chi connectivity index (χ1n) is 11.6. The first kappa shape index (κ1) is 23.1. The average molecular weight is 470 g/mol. The molecule has 170 valence electrons. The van der Waals surface area contributed by atoms with Crippen LogP contribution in [0.15, 0.2) is 34.0 Å². The number of carbonyl (C=O) groups is 1. The number of aromatic nitrogens is 1. The van der Waals surface area contributed by atoms with Crippen LogP contribution in [-0.2, 0) is 11.8 Å². The number of hydrogen-bond donors (Lipinski definition) is 0. The van der Waals surface area contributed by atoms with Crippen molar-refractivity contribution >= 4 is 56.9 Å². The maximum atomic E-state index is 13.5. The van der Waals surface area contributed by atoms with Gasteiger partial charge < -0.3 is 9.47 Å². The van der Waals surface area contributed by atoms with Gasteiger partial charge in [0.25, 0.3) is 11.5 Å². The Balaban J connectivity index is 1.82. The molecule has 0 radical (unpaired) electrons. The second kappa shape index (κ2) is 10.2. The fourth-order valence-electron chi connectivity index (χ4n) is 4.61. The summed E-state index contributed by atoms with van der Waals surface area (Å²) in [6.45, 7) is 4.64. The number of hydrogen-bond acceptors (Lipinski definition) is 5. The van der Waals surface area contributed by atoms with E-state index in [1.807, 2.05) is 25.2 Å². The summed E-state index contributed by atoms with van der Waals surface area (Å²) in [6.07, 6.45) is 9.56. The van der Waals surface area contributed by atoms with Crippen LogP contribution < -0.4 is 10.5 Å². The third-order valence-corrected chi connectivity index (χ3v) is 7.75. The van der Waals surface area contributed by atoms with Gasteiger partial charge in [-0.15, -0.1) is 0 Å². The molecular weight excluding hydrogens is 438 g/mol. The number of thiocarbonyl (C=S) groups is 1. The number of anilines is 1. The smallest absolute Gasteiger partial charge is 0.266 e. The van der Waals surface area contributed by atoms with Crippen LogP contribution in [0.3, 0.4) is 0 Å². The molecule has 0 unspecified atom stereocenters. The van der Waals surface area contributed by atoms with Gasteiger partial charge in [0.1, 0.15) is 4.32 Å². The number of para-hydroxylation sites is 1. The lowest BCUT2D eigenvalue weighted by Crippen LogP contribution is -2.30. The summed E-state index contributed by atoms with van der Waals surface area (Å²) in [4.78, 5) is 31.3. The van der Waals surface area contributed by atoms with Crippen LogP contribution in [0.25, 0.3) is 17.0 Å². The molecule has 0 spiro atoms. The molecule has 0 N–H and O–H groups in total. The molecule has 0 aliphatic carbocycles. The Kier molecular flexibility index (Phi) is 7.36. The van der Waals surface area contributed by atoms with E-state index in [2.05, 4.69) is 17.9 Å². The number of thioether (sulfide) groups is 1. The Morgan fingerprint density at radius 1 is 1.06 bits per heavy atom. The summed E-state index contributed by atoms with van der Waals surface area (Å²) < 4.78 is 2.29. The Morgan fingerprint density at radius 3 is 2.50 bits per heavy atom. The Labute approximate surface area is 199 Å². The number of benzene rings is 1. The molecule has 2 aromatic rings. The number of amides is 1. The van der Waals surface area contributed by atoms with Gasteiger partial charge in [0.05, 0.1) is 21.7 Å². The first-order valence-corrected chi connectivity index (χ1v) is 12.9. The Hall–Kier alpha value is -2.12.